The topological polar surface area (TPSA) is 633 Å². The number of nitrogens with one attached hydrogen (secondary N) is 4. The number of aryl methyl sites for hydroxylation is 2. The number of carbonyl (C=O) groups excluding carboxylic acids is 10. The highest BCUT2D eigenvalue weighted by Gasteiger charge is 2.34. The summed E-state index contributed by atoms with van der Waals surface area (Å²) in [4.78, 5) is 189. The molecular weight excluding hydrogens is 1950 g/mol. The molecule has 0 saturated carbocycles. The van der Waals surface area contributed by atoms with Crippen LogP contribution in [0.25, 0.3) is 34.2 Å². The summed E-state index contributed by atoms with van der Waals surface area (Å²) in [5.74, 6) is -6.17. The van der Waals surface area contributed by atoms with Crippen LogP contribution in [0.4, 0.5) is 38.4 Å². The number of esters is 2. The van der Waals surface area contributed by atoms with E-state index < -0.39 is 143 Å². The van der Waals surface area contributed by atoms with E-state index in [1.165, 1.54) is 13.8 Å². The standard InChI is InChI=1S/C28H25NO11S.C26H21NO11S.C18H21NO11S.C16H17NO11S/c1-3-34-25(30)20(29-26(31)35-14-22-24(40-27(32)39-22)19-12-8-5-9-13-19)16-41-28(33)36-15-21-23(38-17(2)37-21)18-10-6-4-7-11-18;1-15-35-19(21(36-15)16-8-4-2-5-9-16)13-34-26(32)39-14-18(23(28)29)27-24(30)33-12-20-22(38-25(31)37-20)17-10-6-3-7-11-17;1-5-24-15(20)12(19-16(21)25-6-14-10(3)28-17(22)30-14)8-31-18(23)26-7-13-9(2)27-11(4)29-13;1-7-11(27-9(3)25-7)5-24-16(22)29-6-10(13(18)19)17-14(20)23-4-12-8(2)26-15(21)28-12/h4-13,20H,2-3,14-16H2,1H3,(H,29,31);2-11,18H,1,12-14H2,(H,27,30)(H,28,29);12H,4-8H2,1-3H3,(H,19,21);10H,3-6H2,1-2H3,(H,17,20)(H,18,19)/t20-;18-;12-;10-/m0000/s1. The fourth-order valence-corrected chi connectivity index (χ4v) is 13.5. The van der Waals surface area contributed by atoms with Crippen LogP contribution >= 0.6 is 47.0 Å². The van der Waals surface area contributed by atoms with Crippen LogP contribution < -0.4 is 44.6 Å². The normalized spacial score (nSPS) is 13.5. The first-order valence-corrected chi connectivity index (χ1v) is 44.3. The van der Waals surface area contributed by atoms with Crippen molar-refractivity contribution in [2.45, 2.75) is 92.1 Å². The number of ether oxygens (including phenoxy) is 18. The number of allylic oxidation sites excluding steroid dienone is 2. The number of carboxylic acids is 2. The van der Waals surface area contributed by atoms with Crippen molar-refractivity contribution >= 4 is 128 Å². The molecule has 8 aromatic rings. The van der Waals surface area contributed by atoms with Gasteiger partial charge >= 0.3 is 92.7 Å². The van der Waals surface area contributed by atoms with Gasteiger partial charge in [0.15, 0.2) is 133 Å². The Balaban J connectivity index is 0.000000211. The molecule has 0 aliphatic carbocycles. The van der Waals surface area contributed by atoms with Crippen LogP contribution in [-0.2, 0) is 131 Å². The molecule has 4 aromatic carbocycles. The molecule has 12 rings (SSSR count). The van der Waals surface area contributed by atoms with E-state index in [2.05, 4.69) is 60.8 Å². The third kappa shape index (κ3) is 34.7. The second-order valence-electron chi connectivity index (χ2n) is 27.2. The number of alkyl carbamates (subject to hydrolysis) is 4. The van der Waals surface area contributed by atoms with Gasteiger partial charge in [-0.2, -0.15) is 0 Å². The summed E-state index contributed by atoms with van der Waals surface area (Å²) in [6.45, 7) is 20.8. The van der Waals surface area contributed by atoms with Gasteiger partial charge in [-0.15, -0.1) is 0 Å². The van der Waals surface area contributed by atoms with Crippen LogP contribution in [0, 0.1) is 13.8 Å². The molecule has 0 spiro atoms. The largest absolute Gasteiger partial charge is 0.519 e. The second kappa shape index (κ2) is 53.7. The Labute approximate surface area is 805 Å². The molecule has 0 saturated heterocycles. The van der Waals surface area contributed by atoms with Gasteiger partial charge in [-0.3, -0.25) is 0 Å². The summed E-state index contributed by atoms with van der Waals surface area (Å²) in [7, 11) is 0. The summed E-state index contributed by atoms with van der Waals surface area (Å²) < 4.78 is 131. The average molecular weight is 2030 g/mol. The molecule has 4 aliphatic rings. The van der Waals surface area contributed by atoms with E-state index in [1.54, 1.807) is 125 Å². The third-order valence-electron chi connectivity index (χ3n) is 17.3. The molecule has 0 radical (unpaired) electrons. The Morgan fingerprint density at radius 1 is 0.307 bits per heavy atom. The Bertz CT molecular complexity index is 6210. The van der Waals surface area contributed by atoms with Crippen molar-refractivity contribution in [1.82, 2.24) is 21.3 Å². The van der Waals surface area contributed by atoms with Crippen LogP contribution in [0.15, 0.2) is 260 Å². The van der Waals surface area contributed by atoms with Crippen molar-refractivity contribution < 1.29 is 188 Å². The van der Waals surface area contributed by atoms with Gasteiger partial charge in [-0.25, -0.2) is 76.7 Å². The van der Waals surface area contributed by atoms with Gasteiger partial charge in [0.2, 0.25) is 0 Å². The number of hydrogen-bond donors (Lipinski definition) is 6. The zero-order valence-corrected chi connectivity index (χ0v) is 77.5. The lowest BCUT2D eigenvalue weighted by Crippen LogP contribution is -2.44. The van der Waals surface area contributed by atoms with Crippen LogP contribution in [0.1, 0.15) is 73.4 Å². The predicted octanol–water partition coefficient (Wildman–Crippen LogP) is 13.3. The van der Waals surface area contributed by atoms with Crippen molar-refractivity contribution in [3.8, 4) is 22.6 Å². The zero-order chi connectivity index (χ0) is 101. The molecular formula is C88H84N4O44S4. The van der Waals surface area contributed by atoms with Gasteiger partial charge in [-0.05, 0) is 115 Å². The molecule has 0 fully saturated rings. The Morgan fingerprint density at radius 2 is 0.564 bits per heavy atom. The first kappa shape index (κ1) is 107. The highest BCUT2D eigenvalue weighted by Crippen LogP contribution is 2.35. The number of carbonyl (C=O) groups is 12. The molecule has 8 heterocycles. The minimum absolute atomic E-state index is 0.0135. The lowest BCUT2D eigenvalue weighted by molar-refractivity contribution is -0.145. The first-order chi connectivity index (χ1) is 67.0. The molecule has 0 bridgehead atoms. The smallest absolute Gasteiger partial charge is 0.480 e. The minimum Gasteiger partial charge on any atom is -0.480 e. The molecule has 744 valence electrons. The number of benzene rings is 4. The molecule has 6 N–H and O–H groups in total. The SMILES string of the molecule is C=C1OC(C)=C(COC(=O)SC[C@H](NC(=O)OCc2oc(=O)oc2C)C(=O)O)O1.C=C1OC(C)=C(COC(=O)SC[C@H](NC(=O)OCc2oc(=O)oc2C)C(=O)OCC)O1.C=C1OC(COC(=O)SC[C@H](NC(=O)OCc2oc(=O)oc2-c2ccccc2)C(=O)O)=C(c2ccccc2)O1.C=C1OC(COC(=O)SC[C@H](NC(=O)OCc2oc(=O)oc2-c2ccccc2)C(=O)OCC)=C(c2ccccc2)O1. The maximum absolute atomic E-state index is 12.5. The second-order valence-corrected chi connectivity index (χ2v) is 31.0. The maximum Gasteiger partial charge on any atom is 0.519 e. The van der Waals surface area contributed by atoms with Gasteiger partial charge in [0.05, 0.1) is 13.2 Å². The predicted molar refractivity (Wildman–Crippen MR) is 479 cm³/mol. The average Bonchev–Trinajstić information content (AvgIpc) is 1.70. The van der Waals surface area contributed by atoms with E-state index in [1.807, 2.05) is 24.3 Å². The minimum atomic E-state index is -1.50. The maximum atomic E-state index is 12.5. The summed E-state index contributed by atoms with van der Waals surface area (Å²) in [6, 6.07) is 29.8. The van der Waals surface area contributed by atoms with Crippen molar-refractivity contribution in [2.75, 3.05) is 62.7 Å². The van der Waals surface area contributed by atoms with Crippen LogP contribution in [0.2, 0.25) is 0 Å². The summed E-state index contributed by atoms with van der Waals surface area (Å²) in [6.07, 6.45) is -4.23. The Kier molecular flexibility index (Phi) is 41.1. The van der Waals surface area contributed by atoms with Gasteiger partial charge in [0, 0.05) is 45.3 Å². The number of thioether (sulfide) groups is 4. The number of rotatable bonds is 38. The van der Waals surface area contributed by atoms with Crippen molar-refractivity contribution in [3.63, 3.8) is 0 Å². The van der Waals surface area contributed by atoms with Crippen molar-refractivity contribution in [1.29, 1.82) is 0 Å². The summed E-state index contributed by atoms with van der Waals surface area (Å²) >= 11 is 2.33. The highest BCUT2D eigenvalue weighted by atomic mass is 32.2. The van der Waals surface area contributed by atoms with Crippen LogP contribution in [-0.4, -0.2) is 166 Å². The summed E-state index contributed by atoms with van der Waals surface area (Å²) in [5, 5.41) is 24.4. The number of aliphatic carboxylic acids is 2. The Hall–Kier alpha value is -16.5. The van der Waals surface area contributed by atoms with Gasteiger partial charge in [0.25, 0.3) is 23.8 Å². The van der Waals surface area contributed by atoms with Gasteiger partial charge in [-0.1, -0.05) is 121 Å². The van der Waals surface area contributed by atoms with E-state index in [0.717, 1.165) is 0 Å². The zero-order valence-electron chi connectivity index (χ0n) is 74.3. The molecule has 4 aromatic heterocycles. The van der Waals surface area contributed by atoms with E-state index in [9.17, 15) is 81.8 Å². The molecule has 4 aliphatic heterocycles. The molecule has 52 heteroatoms. The van der Waals surface area contributed by atoms with E-state index in [4.69, 9.17) is 112 Å². The monoisotopic (exact) mass is 2030 g/mol. The lowest BCUT2D eigenvalue weighted by atomic mass is 10.1. The van der Waals surface area contributed by atoms with Crippen LogP contribution in [0.3, 0.4) is 0 Å². The first-order valence-electron chi connectivity index (χ1n) is 40.4. The van der Waals surface area contributed by atoms with E-state index in [-0.39, 0.29) is 150 Å². The highest BCUT2D eigenvalue weighted by molar-refractivity contribution is 8.14. The molecule has 140 heavy (non-hydrogen) atoms. The van der Waals surface area contributed by atoms with Crippen LogP contribution in [0.5, 0.6) is 0 Å². The van der Waals surface area contributed by atoms with Gasteiger partial charge < -0.3 is 152 Å². The van der Waals surface area contributed by atoms with Gasteiger partial charge in [0.1, 0.15) is 35.7 Å². The quantitative estimate of drug-likeness (QED) is 0.0155. The number of hydrogen-bond acceptors (Lipinski definition) is 46. The fourth-order valence-electron chi connectivity index (χ4n) is 10.9. The number of carboxylic acid groups (broad SMARTS) is 2. The molecule has 48 nitrogen and oxygen atoms in total. The van der Waals surface area contributed by atoms with E-state index >= 15 is 0 Å². The summed E-state index contributed by atoms with van der Waals surface area (Å²) in [5.41, 5.74) is 2.46. The molecule has 4 amide bonds. The van der Waals surface area contributed by atoms with Crippen molar-refractivity contribution in [3.05, 3.63) is 294 Å². The van der Waals surface area contributed by atoms with E-state index in [0.29, 0.717) is 98.1 Å². The Morgan fingerprint density at radius 3 is 0.843 bits per heavy atom. The molecule has 4 atom stereocenters. The fraction of sp³-hybridized carbons (Fsp3) is 0.273. The molecule has 0 unspecified atom stereocenters. The third-order valence-corrected chi connectivity index (χ3v) is 20.7. The van der Waals surface area contributed by atoms with Crippen molar-refractivity contribution in [2.24, 2.45) is 0 Å². The number of amides is 4. The lowest BCUT2D eigenvalue weighted by Gasteiger charge is -2.16.